The average Bonchev–Trinajstić information content (AvgIpc) is 2.95. The Balaban J connectivity index is 1.50. The molecule has 0 amide bonds. The predicted octanol–water partition coefficient (Wildman–Crippen LogP) is 2.84. The number of ether oxygens (including phenoxy) is 1. The van der Waals surface area contributed by atoms with Gasteiger partial charge in [0.1, 0.15) is 0 Å². The molecular weight excluding hydrogens is 270 g/mol. The molecule has 20 heavy (non-hydrogen) atoms. The third-order valence-electron chi connectivity index (χ3n) is 3.92. The van der Waals surface area contributed by atoms with Gasteiger partial charge in [0.15, 0.2) is 0 Å². The summed E-state index contributed by atoms with van der Waals surface area (Å²) in [6.07, 6.45) is 5.90. The van der Waals surface area contributed by atoms with Gasteiger partial charge in [-0.1, -0.05) is 25.8 Å². The van der Waals surface area contributed by atoms with Crippen molar-refractivity contribution in [3.8, 4) is 0 Å². The molecule has 2 N–H and O–H groups in total. The van der Waals surface area contributed by atoms with Crippen LogP contribution in [0.4, 0.5) is 0 Å². The molecule has 1 aliphatic carbocycles. The SMILES string of the molecule is CC1CCCC(OCC(O)CNCCc2cccs2)C1. The van der Waals surface area contributed by atoms with Crippen molar-refractivity contribution >= 4 is 11.3 Å². The van der Waals surface area contributed by atoms with Crippen LogP contribution in [0.2, 0.25) is 0 Å². The fourth-order valence-corrected chi connectivity index (χ4v) is 3.48. The number of rotatable bonds is 8. The maximum atomic E-state index is 9.92. The summed E-state index contributed by atoms with van der Waals surface area (Å²) >= 11 is 1.78. The second kappa shape index (κ2) is 8.78. The predicted molar refractivity (Wildman–Crippen MR) is 84.3 cm³/mol. The van der Waals surface area contributed by atoms with E-state index >= 15 is 0 Å². The third-order valence-corrected chi connectivity index (χ3v) is 4.86. The maximum absolute atomic E-state index is 9.92. The number of aliphatic hydroxyl groups excluding tert-OH is 1. The highest BCUT2D eigenvalue weighted by atomic mass is 32.1. The van der Waals surface area contributed by atoms with E-state index < -0.39 is 6.10 Å². The van der Waals surface area contributed by atoms with Crippen molar-refractivity contribution in [2.75, 3.05) is 19.7 Å². The Morgan fingerprint density at radius 3 is 3.15 bits per heavy atom. The quantitative estimate of drug-likeness (QED) is 0.725. The van der Waals surface area contributed by atoms with Crippen LogP contribution in [-0.4, -0.2) is 37.0 Å². The van der Waals surface area contributed by atoms with Crippen molar-refractivity contribution in [2.24, 2.45) is 5.92 Å². The van der Waals surface area contributed by atoms with Crippen LogP contribution in [0, 0.1) is 5.92 Å². The van der Waals surface area contributed by atoms with Crippen LogP contribution in [-0.2, 0) is 11.2 Å². The largest absolute Gasteiger partial charge is 0.389 e. The minimum atomic E-state index is -0.393. The molecule has 3 nitrogen and oxygen atoms in total. The van der Waals surface area contributed by atoms with Crippen LogP contribution >= 0.6 is 11.3 Å². The number of nitrogens with one attached hydrogen (secondary N) is 1. The van der Waals surface area contributed by atoms with E-state index in [1.54, 1.807) is 11.3 Å². The Kier molecular flexibility index (Phi) is 7.00. The average molecular weight is 297 g/mol. The standard InChI is InChI=1S/C16H27NO2S/c1-13-4-2-5-15(10-13)19-12-14(18)11-17-8-7-16-6-3-9-20-16/h3,6,9,13-15,17-18H,2,4-5,7-8,10-12H2,1H3. The molecule has 0 saturated heterocycles. The fraction of sp³-hybridized carbons (Fsp3) is 0.750. The summed E-state index contributed by atoms with van der Waals surface area (Å²) < 4.78 is 5.83. The van der Waals surface area contributed by atoms with E-state index in [4.69, 9.17) is 4.74 Å². The molecule has 1 fully saturated rings. The molecule has 1 aromatic heterocycles. The van der Waals surface area contributed by atoms with Crippen LogP contribution in [0.1, 0.15) is 37.5 Å². The van der Waals surface area contributed by atoms with Gasteiger partial charge in [-0.15, -0.1) is 11.3 Å². The number of aliphatic hydroxyl groups is 1. The Bertz CT molecular complexity index is 355. The molecule has 114 valence electrons. The molecular formula is C16H27NO2S. The van der Waals surface area contributed by atoms with E-state index in [9.17, 15) is 5.11 Å². The summed E-state index contributed by atoms with van der Waals surface area (Å²) in [5.41, 5.74) is 0. The molecule has 3 unspecified atom stereocenters. The summed E-state index contributed by atoms with van der Waals surface area (Å²) in [6.45, 7) is 4.28. The molecule has 1 heterocycles. The zero-order valence-electron chi connectivity index (χ0n) is 12.4. The Labute approximate surface area is 126 Å². The summed E-state index contributed by atoms with van der Waals surface area (Å²) in [4.78, 5) is 1.39. The summed E-state index contributed by atoms with van der Waals surface area (Å²) in [6, 6.07) is 4.23. The van der Waals surface area contributed by atoms with Gasteiger partial charge in [-0.25, -0.2) is 0 Å². The minimum absolute atomic E-state index is 0.361. The van der Waals surface area contributed by atoms with Crippen molar-refractivity contribution in [1.82, 2.24) is 5.32 Å². The highest BCUT2D eigenvalue weighted by molar-refractivity contribution is 7.09. The Morgan fingerprint density at radius 1 is 1.50 bits per heavy atom. The van der Waals surface area contributed by atoms with Crippen molar-refractivity contribution < 1.29 is 9.84 Å². The second-order valence-electron chi connectivity index (χ2n) is 5.91. The fourth-order valence-electron chi connectivity index (χ4n) is 2.77. The van der Waals surface area contributed by atoms with Gasteiger partial charge in [0.2, 0.25) is 0 Å². The summed E-state index contributed by atoms with van der Waals surface area (Å²) in [7, 11) is 0. The monoisotopic (exact) mass is 297 g/mol. The van der Waals surface area contributed by atoms with Gasteiger partial charge in [-0.3, -0.25) is 0 Å². The molecule has 0 aliphatic heterocycles. The van der Waals surface area contributed by atoms with E-state index in [1.165, 1.54) is 17.7 Å². The molecule has 3 atom stereocenters. The lowest BCUT2D eigenvalue weighted by Crippen LogP contribution is -2.33. The van der Waals surface area contributed by atoms with Crippen molar-refractivity contribution in [1.29, 1.82) is 0 Å². The van der Waals surface area contributed by atoms with E-state index in [2.05, 4.69) is 29.8 Å². The lowest BCUT2D eigenvalue weighted by Gasteiger charge is -2.27. The van der Waals surface area contributed by atoms with Crippen molar-refractivity contribution in [2.45, 2.75) is 51.2 Å². The molecule has 1 aromatic rings. The molecule has 2 rings (SSSR count). The van der Waals surface area contributed by atoms with Crippen LogP contribution < -0.4 is 5.32 Å². The van der Waals surface area contributed by atoms with Gasteiger partial charge < -0.3 is 15.2 Å². The first-order valence-electron chi connectivity index (χ1n) is 7.77. The van der Waals surface area contributed by atoms with Gasteiger partial charge in [0.25, 0.3) is 0 Å². The number of hydrogen-bond donors (Lipinski definition) is 2. The summed E-state index contributed by atoms with van der Waals surface area (Å²) in [5, 5.41) is 15.3. The molecule has 0 bridgehead atoms. The van der Waals surface area contributed by atoms with E-state index in [0.717, 1.165) is 31.7 Å². The van der Waals surface area contributed by atoms with Gasteiger partial charge in [-0.2, -0.15) is 0 Å². The van der Waals surface area contributed by atoms with Crippen LogP contribution in [0.25, 0.3) is 0 Å². The first-order valence-corrected chi connectivity index (χ1v) is 8.64. The molecule has 0 spiro atoms. The zero-order valence-corrected chi connectivity index (χ0v) is 13.2. The third kappa shape index (κ3) is 5.92. The molecule has 0 radical (unpaired) electrons. The van der Waals surface area contributed by atoms with E-state index in [-0.39, 0.29) is 0 Å². The van der Waals surface area contributed by atoms with Crippen molar-refractivity contribution in [3.05, 3.63) is 22.4 Å². The molecule has 1 aliphatic rings. The lowest BCUT2D eigenvalue weighted by atomic mass is 9.89. The molecule has 4 heteroatoms. The van der Waals surface area contributed by atoms with Gasteiger partial charge >= 0.3 is 0 Å². The van der Waals surface area contributed by atoms with Gasteiger partial charge in [0.05, 0.1) is 18.8 Å². The first-order chi connectivity index (χ1) is 9.74. The summed E-state index contributed by atoms with van der Waals surface area (Å²) in [5.74, 6) is 0.773. The van der Waals surface area contributed by atoms with Gasteiger partial charge in [0, 0.05) is 18.0 Å². The van der Waals surface area contributed by atoms with Gasteiger partial charge in [-0.05, 0) is 36.6 Å². The second-order valence-corrected chi connectivity index (χ2v) is 6.95. The normalized spacial score (nSPS) is 24.7. The minimum Gasteiger partial charge on any atom is -0.389 e. The van der Waals surface area contributed by atoms with Crippen LogP contribution in [0.15, 0.2) is 17.5 Å². The number of hydrogen-bond acceptors (Lipinski definition) is 4. The lowest BCUT2D eigenvalue weighted by molar-refractivity contribution is -0.0305. The topological polar surface area (TPSA) is 41.5 Å². The van der Waals surface area contributed by atoms with Crippen LogP contribution in [0.3, 0.4) is 0 Å². The van der Waals surface area contributed by atoms with Crippen LogP contribution in [0.5, 0.6) is 0 Å². The number of thiophene rings is 1. The van der Waals surface area contributed by atoms with E-state index in [0.29, 0.717) is 19.3 Å². The Hall–Kier alpha value is -0.420. The van der Waals surface area contributed by atoms with E-state index in [1.807, 2.05) is 0 Å². The van der Waals surface area contributed by atoms with Crippen molar-refractivity contribution in [3.63, 3.8) is 0 Å². The first kappa shape index (κ1) is 16.0. The Morgan fingerprint density at radius 2 is 2.40 bits per heavy atom. The highest BCUT2D eigenvalue weighted by Gasteiger charge is 2.20. The smallest absolute Gasteiger partial charge is 0.0897 e. The maximum Gasteiger partial charge on any atom is 0.0897 e. The zero-order chi connectivity index (χ0) is 14.2. The molecule has 0 aromatic carbocycles. The highest BCUT2D eigenvalue weighted by Crippen LogP contribution is 2.25. The molecule has 1 saturated carbocycles.